The van der Waals surface area contributed by atoms with Gasteiger partial charge < -0.3 is 10.7 Å². The molecule has 0 fully saturated rings. The highest BCUT2D eigenvalue weighted by atomic mass is 127. The van der Waals surface area contributed by atoms with E-state index in [9.17, 15) is 0 Å². The second-order valence-corrected chi connectivity index (χ2v) is 4.94. The minimum atomic E-state index is 0.294. The van der Waals surface area contributed by atoms with Gasteiger partial charge in [-0.25, -0.2) is 9.97 Å². The lowest BCUT2D eigenvalue weighted by molar-refractivity contribution is 1.19. The number of aromatic nitrogens is 3. The fourth-order valence-electron chi connectivity index (χ4n) is 1.83. The fourth-order valence-corrected chi connectivity index (χ4v) is 2.33. The van der Waals surface area contributed by atoms with Gasteiger partial charge in [0, 0.05) is 32.4 Å². The third kappa shape index (κ3) is 1.86. The van der Waals surface area contributed by atoms with Crippen LogP contribution in [0.3, 0.4) is 0 Å². The fraction of sp³-hybridized carbons (Fsp3) is 0. The molecule has 3 N–H and O–H groups in total. The molecule has 3 aromatic rings. The highest BCUT2D eigenvalue weighted by Crippen LogP contribution is 2.28. The van der Waals surface area contributed by atoms with E-state index in [-0.39, 0.29) is 0 Å². The minimum Gasteiger partial charge on any atom is -0.368 e. The molecule has 0 aliphatic heterocycles. The van der Waals surface area contributed by atoms with Gasteiger partial charge in [0.1, 0.15) is 0 Å². The molecule has 1 aromatic carbocycles. The predicted octanol–water partition coefficient (Wildman–Crippen LogP) is 2.81. The number of fused-ring (bicyclic) bond motifs is 1. The molecule has 2 aromatic heterocycles. The Hall–Kier alpha value is -1.63. The Kier molecular flexibility index (Phi) is 2.47. The van der Waals surface area contributed by atoms with Crippen molar-refractivity contribution in [3.8, 4) is 11.3 Å². The van der Waals surface area contributed by atoms with Crippen molar-refractivity contribution < 1.29 is 0 Å². The highest BCUT2D eigenvalue weighted by Gasteiger charge is 2.07. The second-order valence-electron chi connectivity index (χ2n) is 3.69. The minimum absolute atomic E-state index is 0.294. The van der Waals surface area contributed by atoms with Crippen LogP contribution in [-0.4, -0.2) is 15.0 Å². The highest BCUT2D eigenvalue weighted by molar-refractivity contribution is 14.1. The van der Waals surface area contributed by atoms with Gasteiger partial charge in [-0.1, -0.05) is 6.07 Å². The summed E-state index contributed by atoms with van der Waals surface area (Å²) in [5, 5.41) is 1.14. The van der Waals surface area contributed by atoms with Crippen LogP contribution in [-0.2, 0) is 0 Å². The summed E-state index contributed by atoms with van der Waals surface area (Å²) >= 11 is 2.29. The molecule has 2 heterocycles. The first-order valence-corrected chi connectivity index (χ1v) is 6.17. The Bertz CT molecular complexity index is 690. The van der Waals surface area contributed by atoms with Crippen LogP contribution in [0.1, 0.15) is 0 Å². The number of hydrogen-bond donors (Lipinski definition) is 2. The molecule has 3 rings (SSSR count). The summed E-state index contributed by atoms with van der Waals surface area (Å²) in [6, 6.07) is 8.12. The van der Waals surface area contributed by atoms with E-state index >= 15 is 0 Å². The van der Waals surface area contributed by atoms with E-state index in [1.165, 1.54) is 3.57 Å². The summed E-state index contributed by atoms with van der Waals surface area (Å²) in [5.74, 6) is 0.294. The molecular weight excluding hydrogens is 327 g/mol. The van der Waals surface area contributed by atoms with Gasteiger partial charge in [-0.15, -0.1) is 0 Å². The average molecular weight is 336 g/mol. The number of nitrogens with zero attached hydrogens (tertiary/aromatic N) is 2. The standard InChI is InChI=1S/C12H9IN4/c13-7-1-2-8-9(6-16-11(8)5-7)10-3-4-15-12(14)17-10/h1-6,16H,(H2,14,15,17). The zero-order chi connectivity index (χ0) is 11.8. The van der Waals surface area contributed by atoms with Crippen molar-refractivity contribution in [2.45, 2.75) is 0 Å². The van der Waals surface area contributed by atoms with E-state index in [1.54, 1.807) is 6.20 Å². The van der Waals surface area contributed by atoms with E-state index < -0.39 is 0 Å². The van der Waals surface area contributed by atoms with E-state index in [4.69, 9.17) is 5.73 Å². The maximum Gasteiger partial charge on any atom is 0.220 e. The monoisotopic (exact) mass is 336 g/mol. The quantitative estimate of drug-likeness (QED) is 0.672. The van der Waals surface area contributed by atoms with Crippen molar-refractivity contribution in [1.29, 1.82) is 0 Å². The normalized spacial score (nSPS) is 10.9. The maximum atomic E-state index is 5.60. The van der Waals surface area contributed by atoms with Crippen LogP contribution < -0.4 is 5.73 Å². The first-order valence-electron chi connectivity index (χ1n) is 5.09. The largest absolute Gasteiger partial charge is 0.368 e. The van der Waals surface area contributed by atoms with Crippen molar-refractivity contribution in [1.82, 2.24) is 15.0 Å². The number of anilines is 1. The average Bonchev–Trinajstić information content (AvgIpc) is 2.71. The SMILES string of the molecule is Nc1nccc(-c2c[nH]c3cc(I)ccc23)n1. The van der Waals surface area contributed by atoms with E-state index in [1.807, 2.05) is 12.3 Å². The topological polar surface area (TPSA) is 67.6 Å². The van der Waals surface area contributed by atoms with Crippen LogP contribution in [0.15, 0.2) is 36.7 Å². The summed E-state index contributed by atoms with van der Waals surface area (Å²) in [4.78, 5) is 11.4. The number of nitrogens with one attached hydrogen (secondary N) is 1. The lowest BCUT2D eigenvalue weighted by Gasteiger charge is -1.99. The number of nitrogen functional groups attached to an aromatic ring is 1. The lowest BCUT2D eigenvalue weighted by Crippen LogP contribution is -1.94. The van der Waals surface area contributed by atoms with Crippen LogP contribution in [0.5, 0.6) is 0 Å². The molecule has 0 atom stereocenters. The lowest BCUT2D eigenvalue weighted by atomic mass is 10.1. The molecule has 17 heavy (non-hydrogen) atoms. The number of hydrogen-bond acceptors (Lipinski definition) is 3. The summed E-state index contributed by atoms with van der Waals surface area (Å²) < 4.78 is 1.20. The molecule has 0 aliphatic rings. The molecule has 0 aliphatic carbocycles. The molecule has 0 amide bonds. The second kappa shape index (κ2) is 3.99. The van der Waals surface area contributed by atoms with Gasteiger partial charge in [0.05, 0.1) is 5.69 Å². The Balaban J connectivity index is 2.24. The summed E-state index contributed by atoms with van der Waals surface area (Å²) in [7, 11) is 0. The van der Waals surface area contributed by atoms with Crippen LogP contribution in [0, 0.1) is 3.57 Å². The Morgan fingerprint density at radius 3 is 2.94 bits per heavy atom. The number of aromatic amines is 1. The van der Waals surface area contributed by atoms with Gasteiger partial charge in [-0.05, 0) is 40.8 Å². The van der Waals surface area contributed by atoms with E-state index in [0.717, 1.165) is 22.2 Å². The number of H-pyrrole nitrogens is 1. The third-order valence-electron chi connectivity index (χ3n) is 2.59. The molecule has 0 radical (unpaired) electrons. The first kappa shape index (κ1) is 10.5. The molecule has 84 valence electrons. The molecule has 0 spiro atoms. The molecule has 4 nitrogen and oxygen atoms in total. The van der Waals surface area contributed by atoms with Gasteiger partial charge in [0.15, 0.2) is 0 Å². The van der Waals surface area contributed by atoms with Gasteiger partial charge >= 0.3 is 0 Å². The van der Waals surface area contributed by atoms with Gasteiger partial charge in [-0.2, -0.15) is 0 Å². The molecule has 0 bridgehead atoms. The number of halogens is 1. The van der Waals surface area contributed by atoms with Crippen LogP contribution >= 0.6 is 22.6 Å². The molecule has 0 unspecified atom stereocenters. The summed E-state index contributed by atoms with van der Waals surface area (Å²) in [5.41, 5.74) is 8.58. The molecule has 5 heteroatoms. The van der Waals surface area contributed by atoms with Gasteiger partial charge in [-0.3, -0.25) is 0 Å². The van der Waals surface area contributed by atoms with Crippen molar-refractivity contribution >= 4 is 39.4 Å². The Morgan fingerprint density at radius 1 is 1.24 bits per heavy atom. The maximum absolute atomic E-state index is 5.60. The Morgan fingerprint density at radius 2 is 2.12 bits per heavy atom. The molecule has 0 saturated carbocycles. The molecular formula is C12H9IN4. The number of rotatable bonds is 1. The first-order chi connectivity index (χ1) is 8.24. The zero-order valence-corrected chi connectivity index (χ0v) is 11.0. The van der Waals surface area contributed by atoms with Crippen molar-refractivity contribution in [3.63, 3.8) is 0 Å². The summed E-state index contributed by atoms with van der Waals surface area (Å²) in [6.07, 6.45) is 3.62. The van der Waals surface area contributed by atoms with E-state index in [0.29, 0.717) is 5.95 Å². The smallest absolute Gasteiger partial charge is 0.220 e. The van der Waals surface area contributed by atoms with E-state index in [2.05, 4.69) is 55.7 Å². The summed E-state index contributed by atoms with van der Waals surface area (Å²) in [6.45, 7) is 0. The van der Waals surface area contributed by atoms with Crippen LogP contribution in [0.2, 0.25) is 0 Å². The van der Waals surface area contributed by atoms with Crippen LogP contribution in [0.25, 0.3) is 22.2 Å². The molecule has 0 saturated heterocycles. The van der Waals surface area contributed by atoms with Gasteiger partial charge in [0.2, 0.25) is 5.95 Å². The van der Waals surface area contributed by atoms with Crippen LogP contribution in [0.4, 0.5) is 5.95 Å². The van der Waals surface area contributed by atoms with Crippen molar-refractivity contribution in [2.24, 2.45) is 0 Å². The van der Waals surface area contributed by atoms with Crippen molar-refractivity contribution in [3.05, 3.63) is 40.2 Å². The van der Waals surface area contributed by atoms with Crippen molar-refractivity contribution in [2.75, 3.05) is 5.73 Å². The zero-order valence-electron chi connectivity index (χ0n) is 8.81. The number of benzene rings is 1. The Labute approximate surface area is 111 Å². The number of nitrogens with two attached hydrogens (primary N) is 1. The predicted molar refractivity (Wildman–Crippen MR) is 76.5 cm³/mol. The third-order valence-corrected chi connectivity index (χ3v) is 3.26. The van der Waals surface area contributed by atoms with Gasteiger partial charge in [0.25, 0.3) is 0 Å².